The molecule has 0 saturated heterocycles. The van der Waals surface area contributed by atoms with Crippen LogP contribution in [0.5, 0.6) is 0 Å². The summed E-state index contributed by atoms with van der Waals surface area (Å²) in [5.74, 6) is -0.383. The summed E-state index contributed by atoms with van der Waals surface area (Å²) in [6.45, 7) is 1.95. The molecule has 2 aliphatic rings. The molecule has 1 aromatic carbocycles. The molecule has 39 heavy (non-hydrogen) atoms. The van der Waals surface area contributed by atoms with Gasteiger partial charge in [-0.25, -0.2) is 26.7 Å². The van der Waals surface area contributed by atoms with E-state index in [1.54, 1.807) is 35.2 Å². The van der Waals surface area contributed by atoms with Crippen molar-refractivity contribution in [3.05, 3.63) is 83.1 Å². The van der Waals surface area contributed by atoms with Gasteiger partial charge in [0.25, 0.3) is 0 Å². The standard InChI is InChI=1S/C29H31F2N5O2S/c1-16-9-19(12-25(32)29(16)39(2,37)38)22-7-8-33-14-20(22)13-27-34-15-21-5-6-26(35-36(21)27)28-23(30)10-18(11-24(28)31)17-3-4-17/h5-8,10-11,14-17,19,25,29H,3-4,9,12-13,32H2,1-2H3/t16-,19+,25+,29+/m0/s1. The van der Waals surface area contributed by atoms with Crippen molar-refractivity contribution in [3.8, 4) is 11.3 Å². The third-order valence-corrected chi connectivity index (χ3v) is 10.0. The second-order valence-corrected chi connectivity index (χ2v) is 13.4. The lowest BCUT2D eigenvalue weighted by Gasteiger charge is -2.38. The number of hydrogen-bond acceptors (Lipinski definition) is 6. The van der Waals surface area contributed by atoms with Crippen LogP contribution in [0.25, 0.3) is 16.8 Å². The van der Waals surface area contributed by atoms with Gasteiger partial charge in [0.2, 0.25) is 0 Å². The second-order valence-electron chi connectivity index (χ2n) is 11.2. The molecular weight excluding hydrogens is 520 g/mol. The van der Waals surface area contributed by atoms with E-state index in [1.807, 2.05) is 13.0 Å². The quantitative estimate of drug-likeness (QED) is 0.370. The summed E-state index contributed by atoms with van der Waals surface area (Å²) >= 11 is 0. The highest BCUT2D eigenvalue weighted by Crippen LogP contribution is 2.42. The number of nitrogens with zero attached hydrogens (tertiary/aromatic N) is 4. The van der Waals surface area contributed by atoms with Gasteiger partial charge in [-0.15, -0.1) is 0 Å². The zero-order valence-electron chi connectivity index (χ0n) is 21.9. The largest absolute Gasteiger partial charge is 0.326 e. The third kappa shape index (κ3) is 4.96. The molecule has 3 heterocycles. The molecule has 2 saturated carbocycles. The van der Waals surface area contributed by atoms with Crippen molar-refractivity contribution < 1.29 is 17.2 Å². The van der Waals surface area contributed by atoms with Crippen LogP contribution in [0.3, 0.4) is 0 Å². The molecule has 0 spiro atoms. The Kier molecular flexibility index (Phi) is 6.50. The zero-order valence-corrected chi connectivity index (χ0v) is 22.7. The van der Waals surface area contributed by atoms with Crippen molar-refractivity contribution in [2.24, 2.45) is 11.7 Å². The highest BCUT2D eigenvalue weighted by molar-refractivity contribution is 7.91. The minimum Gasteiger partial charge on any atom is -0.326 e. The van der Waals surface area contributed by atoms with Gasteiger partial charge in [0, 0.05) is 31.1 Å². The topological polar surface area (TPSA) is 103 Å². The maximum absolute atomic E-state index is 15.0. The van der Waals surface area contributed by atoms with Gasteiger partial charge in [-0.3, -0.25) is 4.98 Å². The number of benzene rings is 1. The fourth-order valence-corrected chi connectivity index (χ4v) is 8.09. The molecule has 204 valence electrons. The van der Waals surface area contributed by atoms with Gasteiger partial charge in [0.05, 0.1) is 28.2 Å². The van der Waals surface area contributed by atoms with Crippen molar-refractivity contribution in [1.29, 1.82) is 0 Å². The predicted molar refractivity (Wildman–Crippen MR) is 145 cm³/mol. The van der Waals surface area contributed by atoms with Crippen molar-refractivity contribution in [1.82, 2.24) is 19.6 Å². The summed E-state index contributed by atoms with van der Waals surface area (Å²) in [6.07, 6.45) is 10.0. The summed E-state index contributed by atoms with van der Waals surface area (Å²) in [4.78, 5) is 8.88. The molecule has 4 aromatic rings. The van der Waals surface area contributed by atoms with Crippen LogP contribution in [0, 0.1) is 17.6 Å². The Labute approximate surface area is 226 Å². The fraction of sp³-hybridized carbons (Fsp3) is 0.414. The lowest BCUT2D eigenvalue weighted by Crippen LogP contribution is -2.48. The van der Waals surface area contributed by atoms with Crippen LogP contribution in [0.15, 0.2) is 48.9 Å². The first-order valence-corrected chi connectivity index (χ1v) is 15.3. The Morgan fingerprint density at radius 1 is 1.05 bits per heavy atom. The molecule has 7 nitrogen and oxygen atoms in total. The average molecular weight is 552 g/mol. The highest BCUT2D eigenvalue weighted by Gasteiger charge is 2.40. The molecule has 0 unspecified atom stereocenters. The van der Waals surface area contributed by atoms with E-state index in [1.165, 1.54) is 18.4 Å². The van der Waals surface area contributed by atoms with Crippen LogP contribution < -0.4 is 5.73 Å². The van der Waals surface area contributed by atoms with Crippen molar-refractivity contribution in [3.63, 3.8) is 0 Å². The second kappa shape index (κ2) is 9.75. The number of fused-ring (bicyclic) bond motifs is 1. The highest BCUT2D eigenvalue weighted by atomic mass is 32.2. The van der Waals surface area contributed by atoms with Gasteiger partial charge >= 0.3 is 0 Å². The molecule has 0 bridgehead atoms. The summed E-state index contributed by atoms with van der Waals surface area (Å²) in [7, 11) is -3.25. The first kappa shape index (κ1) is 26.0. The number of halogens is 2. The maximum atomic E-state index is 15.0. The van der Waals surface area contributed by atoms with Crippen molar-refractivity contribution >= 4 is 15.4 Å². The maximum Gasteiger partial charge on any atom is 0.152 e. The molecule has 3 aromatic heterocycles. The van der Waals surface area contributed by atoms with Crippen LogP contribution >= 0.6 is 0 Å². The Morgan fingerprint density at radius 2 is 1.79 bits per heavy atom. The van der Waals surface area contributed by atoms with Crippen molar-refractivity contribution in [2.75, 3.05) is 6.26 Å². The van der Waals surface area contributed by atoms with E-state index in [-0.39, 0.29) is 29.0 Å². The fourth-order valence-electron chi connectivity index (χ4n) is 6.39. The number of nitrogens with two attached hydrogens (primary N) is 1. The van der Waals surface area contributed by atoms with Crippen LogP contribution in [-0.4, -0.2) is 45.5 Å². The molecule has 0 radical (unpaired) electrons. The van der Waals surface area contributed by atoms with Gasteiger partial charge in [-0.2, -0.15) is 5.10 Å². The van der Waals surface area contributed by atoms with E-state index < -0.39 is 32.8 Å². The molecule has 0 amide bonds. The first-order chi connectivity index (χ1) is 18.6. The number of imidazole rings is 1. The van der Waals surface area contributed by atoms with Gasteiger partial charge in [-0.1, -0.05) is 6.92 Å². The molecule has 0 aliphatic heterocycles. The average Bonchev–Trinajstić information content (AvgIpc) is 3.65. The van der Waals surface area contributed by atoms with Crippen molar-refractivity contribution in [2.45, 2.75) is 62.2 Å². The van der Waals surface area contributed by atoms with E-state index in [4.69, 9.17) is 5.73 Å². The molecule has 10 heteroatoms. The smallest absolute Gasteiger partial charge is 0.152 e. The third-order valence-electron chi connectivity index (χ3n) is 8.24. The Hall–Kier alpha value is -3.24. The predicted octanol–water partition coefficient (Wildman–Crippen LogP) is 4.79. The number of pyridine rings is 1. The monoisotopic (exact) mass is 551 g/mol. The Bertz CT molecular complexity index is 1630. The van der Waals surface area contributed by atoms with Gasteiger partial charge in [-0.05, 0) is 90.5 Å². The van der Waals surface area contributed by atoms with Gasteiger partial charge < -0.3 is 5.73 Å². The number of sulfone groups is 1. The normalized spacial score (nSPS) is 23.8. The first-order valence-electron chi connectivity index (χ1n) is 13.3. The molecule has 2 fully saturated rings. The van der Waals surface area contributed by atoms with Gasteiger partial charge in [0.1, 0.15) is 17.5 Å². The van der Waals surface area contributed by atoms with E-state index >= 15 is 8.78 Å². The van der Waals surface area contributed by atoms with Crippen LogP contribution in [-0.2, 0) is 16.3 Å². The lowest BCUT2D eigenvalue weighted by atomic mass is 9.75. The lowest BCUT2D eigenvalue weighted by molar-refractivity contribution is 0.308. The van der Waals surface area contributed by atoms with E-state index in [0.717, 1.165) is 24.0 Å². The molecule has 2 aliphatic carbocycles. The summed E-state index contributed by atoms with van der Waals surface area (Å²) in [5.41, 5.74) is 9.84. The minimum atomic E-state index is -3.25. The zero-order chi connectivity index (χ0) is 27.5. The Morgan fingerprint density at radius 3 is 2.46 bits per heavy atom. The van der Waals surface area contributed by atoms with Crippen LogP contribution in [0.2, 0.25) is 0 Å². The number of rotatable bonds is 6. The molecule has 2 N–H and O–H groups in total. The summed E-state index contributed by atoms with van der Waals surface area (Å²) in [5, 5.41) is 4.03. The molecular formula is C29H31F2N5O2S. The van der Waals surface area contributed by atoms with E-state index in [9.17, 15) is 8.42 Å². The molecule has 4 atom stereocenters. The van der Waals surface area contributed by atoms with E-state index in [2.05, 4.69) is 15.1 Å². The minimum absolute atomic E-state index is 0.0777. The molecule has 6 rings (SSSR count). The number of aromatic nitrogens is 4. The van der Waals surface area contributed by atoms with Gasteiger partial charge in [0.15, 0.2) is 9.84 Å². The SMILES string of the molecule is C[C@H]1C[C@@H](c2ccncc2Cc2ncc3ccc(-c4c(F)cc(C5CC5)cc4F)nn23)C[C@@H](N)[C@@H]1S(C)(=O)=O. The number of hydrogen-bond donors (Lipinski definition) is 1. The summed E-state index contributed by atoms with van der Waals surface area (Å²) < 4.78 is 56.3. The van der Waals surface area contributed by atoms with Crippen LogP contribution in [0.1, 0.15) is 67.0 Å². The Balaban J connectivity index is 1.32. The van der Waals surface area contributed by atoms with E-state index in [0.29, 0.717) is 36.2 Å². The summed E-state index contributed by atoms with van der Waals surface area (Å²) in [6, 6.07) is 7.70. The van der Waals surface area contributed by atoms with Crippen LogP contribution in [0.4, 0.5) is 8.78 Å².